The number of rotatable bonds is 14. The molecule has 0 spiro atoms. The molecule has 0 fully saturated rings. The predicted octanol–water partition coefficient (Wildman–Crippen LogP) is 15.6. The number of fused-ring (bicyclic) bond motifs is 2. The lowest BCUT2D eigenvalue weighted by atomic mass is 10.1. The standard InChI is InChI=1S/C56H46N4/c1-2-49(59(52-23-8-4-9-24-52)55-32-28-43-17-12-14-19-45(43)41-55)27-16-40-58(50-34-30-48(31-35-50)57-47-21-6-3-7-22-47)51-36-38-54(39-37-51)60(53-25-10-5-11-26-53)56-33-29-44-18-13-15-20-46(44)42-56/h2-26,28-42,49,57H,1,27H2/b40-16+. The molecule has 0 aromatic heterocycles. The van der Waals surface area contributed by atoms with Gasteiger partial charge in [0.15, 0.2) is 0 Å². The van der Waals surface area contributed by atoms with Crippen molar-refractivity contribution in [3.05, 3.63) is 249 Å². The topological polar surface area (TPSA) is 21.8 Å². The first kappa shape index (κ1) is 37.7. The maximum absolute atomic E-state index is 4.35. The van der Waals surface area contributed by atoms with Gasteiger partial charge < -0.3 is 20.0 Å². The quantitative estimate of drug-likeness (QED) is 0.111. The summed E-state index contributed by atoms with van der Waals surface area (Å²) in [5.74, 6) is 0. The molecule has 290 valence electrons. The molecule has 60 heavy (non-hydrogen) atoms. The van der Waals surface area contributed by atoms with Crippen LogP contribution in [0.1, 0.15) is 6.42 Å². The van der Waals surface area contributed by atoms with E-state index in [-0.39, 0.29) is 6.04 Å². The Bertz CT molecular complexity index is 2840. The zero-order chi connectivity index (χ0) is 40.5. The Morgan fingerprint density at radius 1 is 0.400 bits per heavy atom. The molecule has 1 unspecified atom stereocenters. The SMILES string of the molecule is C=CC(C/C=C/N(c1ccc(Nc2ccccc2)cc1)c1ccc(N(c2ccccc2)c2ccc3ccccc3c2)cc1)N(c1ccccc1)c1ccc2ccccc2c1. The predicted molar refractivity (Wildman–Crippen MR) is 257 cm³/mol. The Labute approximate surface area is 353 Å². The van der Waals surface area contributed by atoms with Crippen molar-refractivity contribution < 1.29 is 0 Å². The van der Waals surface area contributed by atoms with E-state index in [9.17, 15) is 0 Å². The maximum atomic E-state index is 4.35. The van der Waals surface area contributed by atoms with Crippen LogP contribution in [0.4, 0.5) is 51.2 Å². The molecule has 0 radical (unpaired) electrons. The van der Waals surface area contributed by atoms with Gasteiger partial charge in [0, 0.05) is 57.4 Å². The van der Waals surface area contributed by atoms with Crippen molar-refractivity contribution in [3.8, 4) is 0 Å². The number of anilines is 9. The van der Waals surface area contributed by atoms with E-state index in [1.807, 2.05) is 18.2 Å². The molecule has 1 atom stereocenters. The highest BCUT2D eigenvalue weighted by molar-refractivity contribution is 5.90. The Hall–Kier alpha value is -7.82. The van der Waals surface area contributed by atoms with E-state index in [1.165, 1.54) is 21.5 Å². The van der Waals surface area contributed by atoms with Crippen LogP contribution in [0.2, 0.25) is 0 Å². The van der Waals surface area contributed by atoms with Gasteiger partial charge in [0.05, 0.1) is 6.04 Å². The monoisotopic (exact) mass is 774 g/mol. The van der Waals surface area contributed by atoms with Gasteiger partial charge >= 0.3 is 0 Å². The molecule has 0 aliphatic rings. The van der Waals surface area contributed by atoms with Crippen LogP contribution in [-0.2, 0) is 0 Å². The fraction of sp³-hybridized carbons (Fsp3) is 0.0357. The number of nitrogens with zero attached hydrogens (tertiary/aromatic N) is 3. The summed E-state index contributed by atoms with van der Waals surface area (Å²) < 4.78 is 0. The fourth-order valence-electron chi connectivity index (χ4n) is 7.88. The van der Waals surface area contributed by atoms with E-state index in [0.717, 1.165) is 57.6 Å². The normalized spacial score (nSPS) is 11.7. The zero-order valence-electron chi connectivity index (χ0n) is 33.4. The molecule has 0 amide bonds. The molecule has 0 saturated carbocycles. The molecular formula is C56H46N4. The average molecular weight is 775 g/mol. The Kier molecular flexibility index (Phi) is 11.2. The van der Waals surface area contributed by atoms with Crippen LogP contribution in [0.15, 0.2) is 249 Å². The molecule has 0 heterocycles. The summed E-state index contributed by atoms with van der Waals surface area (Å²) in [7, 11) is 0. The van der Waals surface area contributed by atoms with Crippen LogP contribution >= 0.6 is 0 Å². The second-order valence-electron chi connectivity index (χ2n) is 14.8. The second kappa shape index (κ2) is 17.8. The van der Waals surface area contributed by atoms with Gasteiger partial charge in [0.2, 0.25) is 0 Å². The van der Waals surface area contributed by atoms with Crippen molar-refractivity contribution in [3.63, 3.8) is 0 Å². The first-order valence-corrected chi connectivity index (χ1v) is 20.5. The van der Waals surface area contributed by atoms with Gasteiger partial charge in [-0.1, -0.05) is 127 Å². The van der Waals surface area contributed by atoms with Crippen LogP contribution in [0.25, 0.3) is 21.5 Å². The third-order valence-corrected chi connectivity index (χ3v) is 10.9. The molecule has 0 saturated heterocycles. The third kappa shape index (κ3) is 8.40. The molecular weight excluding hydrogens is 729 g/mol. The molecule has 0 aliphatic carbocycles. The summed E-state index contributed by atoms with van der Waals surface area (Å²) >= 11 is 0. The summed E-state index contributed by atoms with van der Waals surface area (Å²) in [5, 5.41) is 8.39. The van der Waals surface area contributed by atoms with Crippen LogP contribution in [0.5, 0.6) is 0 Å². The Morgan fingerprint density at radius 3 is 1.43 bits per heavy atom. The summed E-state index contributed by atoms with van der Waals surface area (Å²) in [6.45, 7) is 4.35. The minimum absolute atomic E-state index is 0.00660. The van der Waals surface area contributed by atoms with Gasteiger partial charge in [-0.25, -0.2) is 0 Å². The van der Waals surface area contributed by atoms with Crippen LogP contribution in [0, 0.1) is 0 Å². The lowest BCUT2D eigenvalue weighted by Gasteiger charge is -2.32. The van der Waals surface area contributed by atoms with Gasteiger partial charge in [-0.3, -0.25) is 0 Å². The highest BCUT2D eigenvalue weighted by Gasteiger charge is 2.19. The molecule has 0 bridgehead atoms. The van der Waals surface area contributed by atoms with Crippen LogP contribution in [-0.4, -0.2) is 6.04 Å². The van der Waals surface area contributed by atoms with Crippen molar-refractivity contribution in [2.24, 2.45) is 0 Å². The van der Waals surface area contributed by atoms with Gasteiger partial charge in [-0.05, 0) is 137 Å². The average Bonchev–Trinajstić information content (AvgIpc) is 3.31. The van der Waals surface area contributed by atoms with Gasteiger partial charge in [0.1, 0.15) is 0 Å². The van der Waals surface area contributed by atoms with Gasteiger partial charge in [-0.15, -0.1) is 6.58 Å². The summed E-state index contributed by atoms with van der Waals surface area (Å²) in [6.07, 6.45) is 7.25. The number of hydrogen-bond donors (Lipinski definition) is 1. The van der Waals surface area contributed by atoms with E-state index in [2.05, 4.69) is 251 Å². The number of para-hydroxylation sites is 3. The molecule has 9 aromatic carbocycles. The highest BCUT2D eigenvalue weighted by Crippen LogP contribution is 2.38. The molecule has 4 heteroatoms. The molecule has 9 rings (SSSR count). The first-order chi connectivity index (χ1) is 29.7. The highest BCUT2D eigenvalue weighted by atomic mass is 15.2. The summed E-state index contributed by atoms with van der Waals surface area (Å²) in [4.78, 5) is 6.97. The van der Waals surface area contributed by atoms with Crippen molar-refractivity contribution in [2.45, 2.75) is 12.5 Å². The third-order valence-electron chi connectivity index (χ3n) is 10.9. The Morgan fingerprint density at radius 2 is 0.833 bits per heavy atom. The molecule has 1 N–H and O–H groups in total. The minimum Gasteiger partial charge on any atom is -0.356 e. The van der Waals surface area contributed by atoms with Crippen LogP contribution in [0.3, 0.4) is 0 Å². The lowest BCUT2D eigenvalue weighted by Crippen LogP contribution is -2.29. The van der Waals surface area contributed by atoms with Crippen molar-refractivity contribution in [1.29, 1.82) is 0 Å². The fourth-order valence-corrected chi connectivity index (χ4v) is 7.88. The van der Waals surface area contributed by atoms with Gasteiger partial charge in [-0.2, -0.15) is 0 Å². The number of hydrogen-bond acceptors (Lipinski definition) is 4. The van der Waals surface area contributed by atoms with E-state index in [4.69, 9.17) is 0 Å². The van der Waals surface area contributed by atoms with E-state index in [0.29, 0.717) is 0 Å². The van der Waals surface area contributed by atoms with E-state index >= 15 is 0 Å². The van der Waals surface area contributed by atoms with E-state index < -0.39 is 0 Å². The molecule has 4 nitrogen and oxygen atoms in total. The minimum atomic E-state index is -0.00660. The lowest BCUT2D eigenvalue weighted by molar-refractivity contribution is 0.793. The summed E-state index contributed by atoms with van der Waals surface area (Å²) in [6, 6.07) is 79.3. The largest absolute Gasteiger partial charge is 0.356 e. The number of benzene rings is 9. The van der Waals surface area contributed by atoms with Crippen molar-refractivity contribution >= 4 is 72.7 Å². The maximum Gasteiger partial charge on any atom is 0.0554 e. The van der Waals surface area contributed by atoms with Gasteiger partial charge in [0.25, 0.3) is 0 Å². The first-order valence-electron chi connectivity index (χ1n) is 20.5. The van der Waals surface area contributed by atoms with Crippen molar-refractivity contribution in [2.75, 3.05) is 20.0 Å². The molecule has 9 aromatic rings. The smallest absolute Gasteiger partial charge is 0.0554 e. The van der Waals surface area contributed by atoms with Crippen molar-refractivity contribution in [1.82, 2.24) is 0 Å². The van der Waals surface area contributed by atoms with Crippen LogP contribution < -0.4 is 20.0 Å². The number of nitrogens with one attached hydrogen (secondary N) is 1. The summed E-state index contributed by atoms with van der Waals surface area (Å²) in [5.41, 5.74) is 9.71. The zero-order valence-corrected chi connectivity index (χ0v) is 33.4. The Balaban J connectivity index is 1.06. The molecule has 0 aliphatic heterocycles. The second-order valence-corrected chi connectivity index (χ2v) is 14.8. The van der Waals surface area contributed by atoms with E-state index in [1.54, 1.807) is 0 Å².